The fraction of sp³-hybridized carbons (Fsp3) is 0.692. The molecule has 1 aliphatic carbocycles. The molecule has 0 radical (unpaired) electrons. The quantitative estimate of drug-likeness (QED) is 0.843. The highest BCUT2D eigenvalue weighted by Gasteiger charge is 2.32. The number of likely N-dealkylation sites (N-methyl/N-ethyl adjacent to an activating group) is 1. The first-order chi connectivity index (χ1) is 9.45. The van der Waals surface area contributed by atoms with Gasteiger partial charge in [-0.15, -0.1) is 5.10 Å². The van der Waals surface area contributed by atoms with Crippen LogP contribution in [0.15, 0.2) is 0 Å². The Morgan fingerprint density at radius 3 is 2.55 bits per heavy atom. The summed E-state index contributed by atoms with van der Waals surface area (Å²) in [6.45, 7) is 6.40. The standard InChI is InChI=1S/C13H20N4O3/c1-4-16(9-5-6-9)10(18)7-17-12(8(2)3)11(13(19)20)14-15-17/h8-9H,4-7H2,1-3H3,(H,19,20). The molecule has 1 saturated carbocycles. The molecule has 0 aliphatic heterocycles. The summed E-state index contributed by atoms with van der Waals surface area (Å²) >= 11 is 0. The molecule has 1 aliphatic rings. The van der Waals surface area contributed by atoms with E-state index in [1.807, 2.05) is 25.7 Å². The van der Waals surface area contributed by atoms with Gasteiger partial charge in [0, 0.05) is 12.6 Å². The van der Waals surface area contributed by atoms with E-state index >= 15 is 0 Å². The monoisotopic (exact) mass is 280 g/mol. The molecule has 1 N–H and O–H groups in total. The van der Waals surface area contributed by atoms with Crippen LogP contribution in [-0.2, 0) is 11.3 Å². The van der Waals surface area contributed by atoms with Crippen molar-refractivity contribution in [3.63, 3.8) is 0 Å². The van der Waals surface area contributed by atoms with Gasteiger partial charge in [-0.1, -0.05) is 19.1 Å². The average molecular weight is 280 g/mol. The molecular weight excluding hydrogens is 260 g/mol. The fourth-order valence-corrected chi connectivity index (χ4v) is 2.40. The first-order valence-electron chi connectivity index (χ1n) is 6.91. The first kappa shape index (κ1) is 14.5. The highest BCUT2D eigenvalue weighted by atomic mass is 16.4. The zero-order valence-corrected chi connectivity index (χ0v) is 12.0. The average Bonchev–Trinajstić information content (AvgIpc) is 3.09. The molecule has 20 heavy (non-hydrogen) atoms. The molecule has 1 aromatic rings. The minimum Gasteiger partial charge on any atom is -0.476 e. The Kier molecular flexibility index (Phi) is 4.06. The second kappa shape index (κ2) is 5.60. The van der Waals surface area contributed by atoms with Gasteiger partial charge in [-0.05, 0) is 25.7 Å². The van der Waals surface area contributed by atoms with Gasteiger partial charge in [0.1, 0.15) is 6.54 Å². The molecule has 0 atom stereocenters. The summed E-state index contributed by atoms with van der Waals surface area (Å²) in [4.78, 5) is 25.2. The van der Waals surface area contributed by atoms with Gasteiger partial charge < -0.3 is 10.0 Å². The number of amides is 1. The number of carbonyl (C=O) groups is 2. The zero-order valence-electron chi connectivity index (χ0n) is 12.0. The molecule has 7 heteroatoms. The van der Waals surface area contributed by atoms with Crippen molar-refractivity contribution in [3.8, 4) is 0 Å². The number of carboxylic acid groups (broad SMARTS) is 1. The van der Waals surface area contributed by atoms with E-state index in [1.54, 1.807) is 0 Å². The van der Waals surface area contributed by atoms with Gasteiger partial charge in [0.25, 0.3) is 0 Å². The van der Waals surface area contributed by atoms with E-state index in [0.29, 0.717) is 18.3 Å². The lowest BCUT2D eigenvalue weighted by Gasteiger charge is -2.21. The summed E-state index contributed by atoms with van der Waals surface area (Å²) in [6, 6.07) is 0.345. The van der Waals surface area contributed by atoms with Gasteiger partial charge in [0.15, 0.2) is 5.69 Å². The van der Waals surface area contributed by atoms with Crippen molar-refractivity contribution in [1.29, 1.82) is 0 Å². The molecule has 2 rings (SSSR count). The molecule has 7 nitrogen and oxygen atoms in total. The van der Waals surface area contributed by atoms with E-state index in [-0.39, 0.29) is 24.1 Å². The second-order valence-corrected chi connectivity index (χ2v) is 5.35. The Morgan fingerprint density at radius 1 is 1.45 bits per heavy atom. The van der Waals surface area contributed by atoms with E-state index in [0.717, 1.165) is 12.8 Å². The molecule has 0 bridgehead atoms. The van der Waals surface area contributed by atoms with Crippen molar-refractivity contribution in [3.05, 3.63) is 11.4 Å². The number of aromatic nitrogens is 3. The van der Waals surface area contributed by atoms with Crippen LogP contribution in [0.25, 0.3) is 0 Å². The van der Waals surface area contributed by atoms with Gasteiger partial charge >= 0.3 is 5.97 Å². The van der Waals surface area contributed by atoms with Gasteiger partial charge in [0.05, 0.1) is 5.69 Å². The van der Waals surface area contributed by atoms with Gasteiger partial charge in [-0.2, -0.15) is 0 Å². The van der Waals surface area contributed by atoms with Crippen LogP contribution in [0.1, 0.15) is 55.7 Å². The fourth-order valence-electron chi connectivity index (χ4n) is 2.40. The molecule has 1 fully saturated rings. The lowest BCUT2D eigenvalue weighted by atomic mass is 10.1. The van der Waals surface area contributed by atoms with Crippen LogP contribution in [0.2, 0.25) is 0 Å². The summed E-state index contributed by atoms with van der Waals surface area (Å²) in [7, 11) is 0. The van der Waals surface area contributed by atoms with Gasteiger partial charge in [-0.25, -0.2) is 9.48 Å². The van der Waals surface area contributed by atoms with E-state index in [2.05, 4.69) is 10.3 Å². The minimum atomic E-state index is -1.11. The van der Waals surface area contributed by atoms with Crippen molar-refractivity contribution < 1.29 is 14.7 Å². The summed E-state index contributed by atoms with van der Waals surface area (Å²) in [5.41, 5.74) is 0.431. The number of rotatable bonds is 6. The second-order valence-electron chi connectivity index (χ2n) is 5.35. The van der Waals surface area contributed by atoms with Crippen molar-refractivity contribution in [2.75, 3.05) is 6.54 Å². The van der Waals surface area contributed by atoms with Crippen LogP contribution in [0, 0.1) is 0 Å². The van der Waals surface area contributed by atoms with Crippen LogP contribution in [0.5, 0.6) is 0 Å². The van der Waals surface area contributed by atoms with Crippen molar-refractivity contribution >= 4 is 11.9 Å². The molecular formula is C13H20N4O3. The Balaban J connectivity index is 2.20. The van der Waals surface area contributed by atoms with Crippen molar-refractivity contribution in [2.24, 2.45) is 0 Å². The first-order valence-corrected chi connectivity index (χ1v) is 6.91. The summed E-state index contributed by atoms with van der Waals surface area (Å²) in [5.74, 6) is -1.19. The topological polar surface area (TPSA) is 88.3 Å². The highest BCUT2D eigenvalue weighted by Crippen LogP contribution is 2.27. The van der Waals surface area contributed by atoms with Gasteiger partial charge in [-0.3, -0.25) is 4.79 Å². The maximum Gasteiger partial charge on any atom is 0.358 e. The molecule has 0 spiro atoms. The van der Waals surface area contributed by atoms with Gasteiger partial charge in [0.2, 0.25) is 5.91 Å². The van der Waals surface area contributed by atoms with Crippen LogP contribution in [-0.4, -0.2) is 49.5 Å². The van der Waals surface area contributed by atoms with E-state index in [9.17, 15) is 9.59 Å². The molecule has 1 aromatic heterocycles. The minimum absolute atomic E-state index is 0.0289. The Hall–Kier alpha value is -1.92. The third-order valence-corrected chi connectivity index (χ3v) is 3.46. The number of carboxylic acids is 1. The smallest absolute Gasteiger partial charge is 0.358 e. The van der Waals surface area contributed by atoms with Crippen LogP contribution in [0.4, 0.5) is 0 Å². The number of hydrogen-bond donors (Lipinski definition) is 1. The summed E-state index contributed by atoms with van der Waals surface area (Å²) in [6.07, 6.45) is 2.10. The zero-order chi connectivity index (χ0) is 14.9. The number of aromatic carboxylic acids is 1. The largest absolute Gasteiger partial charge is 0.476 e. The Labute approximate surface area is 117 Å². The summed E-state index contributed by atoms with van der Waals surface area (Å²) in [5, 5.41) is 16.6. The van der Waals surface area contributed by atoms with Crippen LogP contribution >= 0.6 is 0 Å². The predicted molar refractivity (Wildman–Crippen MR) is 71.5 cm³/mol. The SMILES string of the molecule is CCN(C(=O)Cn1nnc(C(=O)O)c1C(C)C)C1CC1. The normalized spacial score (nSPS) is 14.6. The lowest BCUT2D eigenvalue weighted by molar-refractivity contribution is -0.132. The van der Waals surface area contributed by atoms with Crippen molar-refractivity contribution in [2.45, 2.75) is 52.1 Å². The maximum absolute atomic E-state index is 12.3. The summed E-state index contributed by atoms with van der Waals surface area (Å²) < 4.78 is 1.42. The molecule has 1 heterocycles. The van der Waals surface area contributed by atoms with E-state index in [1.165, 1.54) is 4.68 Å². The number of carbonyl (C=O) groups excluding carboxylic acids is 1. The molecule has 0 aromatic carbocycles. The molecule has 0 saturated heterocycles. The molecule has 1 amide bonds. The van der Waals surface area contributed by atoms with E-state index < -0.39 is 5.97 Å². The number of hydrogen-bond acceptors (Lipinski definition) is 4. The molecule has 110 valence electrons. The third-order valence-electron chi connectivity index (χ3n) is 3.46. The third kappa shape index (κ3) is 2.81. The van der Waals surface area contributed by atoms with Crippen LogP contribution in [0.3, 0.4) is 0 Å². The van der Waals surface area contributed by atoms with Crippen LogP contribution < -0.4 is 0 Å². The number of nitrogens with zero attached hydrogens (tertiary/aromatic N) is 4. The highest BCUT2D eigenvalue weighted by molar-refractivity contribution is 5.87. The predicted octanol–water partition coefficient (Wildman–Crippen LogP) is 1.11. The Morgan fingerprint density at radius 2 is 2.10 bits per heavy atom. The van der Waals surface area contributed by atoms with E-state index in [4.69, 9.17) is 5.11 Å². The van der Waals surface area contributed by atoms with Crippen molar-refractivity contribution in [1.82, 2.24) is 19.9 Å². The molecule has 0 unspecified atom stereocenters. The lowest BCUT2D eigenvalue weighted by Crippen LogP contribution is -2.36. The maximum atomic E-state index is 12.3. The Bertz CT molecular complexity index is 520.